The van der Waals surface area contributed by atoms with E-state index in [2.05, 4.69) is 31.3 Å². The van der Waals surface area contributed by atoms with Crippen LogP contribution >= 0.6 is 0 Å². The van der Waals surface area contributed by atoms with E-state index in [4.69, 9.17) is 18.9 Å². The summed E-state index contributed by atoms with van der Waals surface area (Å²) < 4.78 is 22.9. The molecular formula is C81H155NO13. The van der Waals surface area contributed by atoms with Gasteiger partial charge in [0.25, 0.3) is 0 Å². The molecule has 2 aliphatic rings. The number of amides is 1. The van der Waals surface area contributed by atoms with Gasteiger partial charge in [-0.25, -0.2) is 0 Å². The third-order valence-electron chi connectivity index (χ3n) is 20.4. The zero-order valence-electron chi connectivity index (χ0n) is 61.7. The Bertz CT molecular complexity index is 1690. The second-order valence-corrected chi connectivity index (χ2v) is 29.3. The topological polar surface area (TPSA) is 228 Å². The van der Waals surface area contributed by atoms with E-state index in [9.17, 15) is 45.6 Å². The van der Waals surface area contributed by atoms with Gasteiger partial charge in [-0.3, -0.25) is 4.79 Å². The quantitative estimate of drug-likeness (QED) is 0.0204. The van der Waals surface area contributed by atoms with E-state index in [0.717, 1.165) is 32.1 Å². The van der Waals surface area contributed by atoms with E-state index in [0.29, 0.717) is 12.8 Å². The van der Waals surface area contributed by atoms with Crippen LogP contribution in [0.4, 0.5) is 0 Å². The molecule has 2 fully saturated rings. The largest absolute Gasteiger partial charge is 0.394 e. The highest BCUT2D eigenvalue weighted by atomic mass is 16.7. The molecule has 14 nitrogen and oxygen atoms in total. The standard InChI is InChI=1S/C81H155NO13/c1-3-5-7-9-11-13-15-17-19-21-23-25-27-28-29-30-31-32-33-34-35-36-37-38-39-40-41-42-43-45-47-49-51-53-55-57-59-61-63-65-73(86)82-69(68-92-80-78(91)76(89)79(72(67-84)94-80)95-81-77(90)75(88)74(87)71(66-83)93-81)70(85)64-62-60-58-56-54-52-50-48-46-44-26-24-22-20-18-16-14-12-10-8-6-4-2/h54,56,62,64,69-72,74-81,83-85,87-91H,3-53,55,57-61,63,65-68H2,1-2H3,(H,82,86)/b56-54+,64-62+. The number of rotatable bonds is 70. The number of allylic oxidation sites excluding steroid dienone is 3. The lowest BCUT2D eigenvalue weighted by molar-refractivity contribution is -0.359. The summed E-state index contributed by atoms with van der Waals surface area (Å²) in [5, 5.41) is 87.6. The van der Waals surface area contributed by atoms with Gasteiger partial charge in [-0.2, -0.15) is 0 Å². The molecule has 0 aromatic heterocycles. The summed E-state index contributed by atoms with van der Waals surface area (Å²) in [6, 6.07) is -0.930. The van der Waals surface area contributed by atoms with Gasteiger partial charge in [-0.15, -0.1) is 0 Å². The third-order valence-corrected chi connectivity index (χ3v) is 20.4. The number of carbonyl (C=O) groups is 1. The molecule has 2 heterocycles. The molecule has 2 saturated heterocycles. The number of carbonyl (C=O) groups excluding carboxylic acids is 1. The smallest absolute Gasteiger partial charge is 0.220 e. The fourth-order valence-electron chi connectivity index (χ4n) is 13.9. The number of hydrogen-bond acceptors (Lipinski definition) is 13. The van der Waals surface area contributed by atoms with E-state index < -0.39 is 86.8 Å². The highest BCUT2D eigenvalue weighted by Gasteiger charge is 2.51. The summed E-state index contributed by atoms with van der Waals surface area (Å²) in [6.45, 7) is 2.85. The van der Waals surface area contributed by atoms with Crippen molar-refractivity contribution < 1.29 is 64.6 Å². The minimum absolute atomic E-state index is 0.240. The zero-order valence-corrected chi connectivity index (χ0v) is 61.7. The lowest BCUT2D eigenvalue weighted by atomic mass is 9.97. The predicted molar refractivity (Wildman–Crippen MR) is 392 cm³/mol. The van der Waals surface area contributed by atoms with Crippen LogP contribution in [0.2, 0.25) is 0 Å². The van der Waals surface area contributed by atoms with Gasteiger partial charge in [0.1, 0.15) is 48.8 Å². The molecule has 0 aliphatic carbocycles. The van der Waals surface area contributed by atoms with Gasteiger partial charge in [-0.05, 0) is 32.1 Å². The van der Waals surface area contributed by atoms with Crippen molar-refractivity contribution in [1.82, 2.24) is 5.32 Å². The van der Waals surface area contributed by atoms with Crippen LogP contribution in [0.15, 0.2) is 24.3 Å². The monoisotopic (exact) mass is 1350 g/mol. The Labute approximate surface area is 583 Å². The van der Waals surface area contributed by atoms with E-state index >= 15 is 0 Å². The maximum absolute atomic E-state index is 13.4. The van der Waals surface area contributed by atoms with Gasteiger partial charge in [0.2, 0.25) is 5.91 Å². The van der Waals surface area contributed by atoms with Crippen molar-refractivity contribution in [2.45, 2.75) is 466 Å². The van der Waals surface area contributed by atoms with Gasteiger partial charge >= 0.3 is 0 Å². The molecule has 95 heavy (non-hydrogen) atoms. The molecule has 0 aromatic rings. The number of aliphatic hydroxyl groups is 8. The molecule has 0 spiro atoms. The Balaban J connectivity index is 1.57. The first-order valence-electron chi connectivity index (χ1n) is 41.1. The number of aliphatic hydroxyl groups excluding tert-OH is 8. The molecule has 2 aliphatic heterocycles. The summed E-state index contributed by atoms with van der Waals surface area (Å²) in [5.74, 6) is -0.240. The molecule has 14 heteroatoms. The van der Waals surface area contributed by atoms with Gasteiger partial charge in [0, 0.05) is 6.42 Å². The summed E-state index contributed by atoms with van der Waals surface area (Å²) in [4.78, 5) is 13.4. The van der Waals surface area contributed by atoms with Crippen LogP contribution in [-0.4, -0.2) is 140 Å². The molecule has 0 bridgehead atoms. The van der Waals surface area contributed by atoms with E-state index in [1.807, 2.05) is 6.08 Å². The lowest BCUT2D eigenvalue weighted by Crippen LogP contribution is -2.65. The Morgan fingerprint density at radius 2 is 0.674 bits per heavy atom. The molecule has 2 rings (SSSR count). The zero-order chi connectivity index (χ0) is 68.7. The summed E-state index contributed by atoms with van der Waals surface area (Å²) >= 11 is 0. The van der Waals surface area contributed by atoms with E-state index in [1.54, 1.807) is 6.08 Å². The second kappa shape index (κ2) is 65.8. The molecule has 0 aromatic carbocycles. The Morgan fingerprint density at radius 3 is 1.03 bits per heavy atom. The Hall–Kier alpha value is -1.53. The molecule has 9 N–H and O–H groups in total. The van der Waals surface area contributed by atoms with Gasteiger partial charge in [0.15, 0.2) is 12.6 Å². The second-order valence-electron chi connectivity index (χ2n) is 29.3. The van der Waals surface area contributed by atoms with Crippen LogP contribution in [-0.2, 0) is 23.7 Å². The van der Waals surface area contributed by atoms with Crippen molar-refractivity contribution in [3.8, 4) is 0 Å². The average molecular weight is 1350 g/mol. The van der Waals surface area contributed by atoms with E-state index in [-0.39, 0.29) is 18.9 Å². The van der Waals surface area contributed by atoms with Crippen LogP contribution < -0.4 is 5.32 Å². The van der Waals surface area contributed by atoms with Crippen LogP contribution in [0.1, 0.15) is 393 Å². The van der Waals surface area contributed by atoms with Gasteiger partial charge in [0.05, 0.1) is 32.0 Å². The summed E-state index contributed by atoms with van der Waals surface area (Å²) in [5.41, 5.74) is 0. The van der Waals surface area contributed by atoms with Crippen LogP contribution in [0.3, 0.4) is 0 Å². The van der Waals surface area contributed by atoms with Crippen molar-refractivity contribution in [1.29, 1.82) is 0 Å². The summed E-state index contributed by atoms with van der Waals surface area (Å²) in [7, 11) is 0. The fourth-order valence-corrected chi connectivity index (χ4v) is 13.9. The summed E-state index contributed by atoms with van der Waals surface area (Å²) in [6.07, 6.45) is 68.6. The molecule has 12 atom stereocenters. The molecule has 12 unspecified atom stereocenters. The van der Waals surface area contributed by atoms with Gasteiger partial charge < -0.3 is 65.1 Å². The van der Waals surface area contributed by atoms with Crippen molar-refractivity contribution in [3.63, 3.8) is 0 Å². The Kier molecular flexibility index (Phi) is 62.0. The number of unbranched alkanes of at least 4 members (excludes halogenated alkanes) is 55. The van der Waals surface area contributed by atoms with Crippen LogP contribution in [0.5, 0.6) is 0 Å². The highest BCUT2D eigenvalue weighted by Crippen LogP contribution is 2.30. The number of nitrogens with one attached hydrogen (secondary N) is 1. The first kappa shape index (κ1) is 89.6. The van der Waals surface area contributed by atoms with Crippen molar-refractivity contribution in [3.05, 3.63) is 24.3 Å². The lowest BCUT2D eigenvalue weighted by Gasteiger charge is -2.46. The maximum Gasteiger partial charge on any atom is 0.220 e. The van der Waals surface area contributed by atoms with Crippen molar-refractivity contribution >= 4 is 5.91 Å². The average Bonchev–Trinajstić information content (AvgIpc) is 1.24. The molecule has 1 amide bonds. The van der Waals surface area contributed by atoms with Crippen LogP contribution in [0, 0.1) is 0 Å². The first-order valence-corrected chi connectivity index (χ1v) is 41.1. The SMILES string of the molecule is CCCCCCCCCCCCCCCCCC/C=C/CC/C=C/C(O)C(COC1OC(CO)C(OC2OC(CO)C(O)C(O)C2O)C(O)C1O)NC(=O)CCCCCCCCCCCCCCCCCCCCCCCCCCCCCCCCCCCCCCCCC. The Morgan fingerprint density at radius 1 is 0.368 bits per heavy atom. The predicted octanol–water partition coefficient (Wildman–Crippen LogP) is 18.6. The fraction of sp³-hybridized carbons (Fsp3) is 0.938. The van der Waals surface area contributed by atoms with Crippen molar-refractivity contribution in [2.24, 2.45) is 0 Å². The molecule has 0 saturated carbocycles. The molecule has 0 radical (unpaired) electrons. The van der Waals surface area contributed by atoms with Crippen LogP contribution in [0.25, 0.3) is 0 Å². The highest BCUT2D eigenvalue weighted by molar-refractivity contribution is 5.76. The minimum atomic E-state index is -1.79. The first-order chi connectivity index (χ1) is 46.6. The maximum atomic E-state index is 13.4. The number of ether oxygens (including phenoxy) is 4. The van der Waals surface area contributed by atoms with E-state index in [1.165, 1.54) is 327 Å². The van der Waals surface area contributed by atoms with Crippen molar-refractivity contribution in [2.75, 3.05) is 19.8 Å². The molecule has 562 valence electrons. The third kappa shape index (κ3) is 48.9. The van der Waals surface area contributed by atoms with Gasteiger partial charge in [-0.1, -0.05) is 378 Å². The number of hydrogen-bond donors (Lipinski definition) is 9. The normalized spacial score (nSPS) is 22.4. The minimum Gasteiger partial charge on any atom is -0.394 e. The molecular weight excluding hydrogens is 1190 g/mol.